The van der Waals surface area contributed by atoms with Gasteiger partial charge in [0.15, 0.2) is 0 Å². The molecule has 4 aromatic carbocycles. The molecule has 2 aliphatic carbocycles. The van der Waals surface area contributed by atoms with Gasteiger partial charge >= 0.3 is 11.9 Å². The van der Waals surface area contributed by atoms with E-state index in [0.29, 0.717) is 0 Å². The Hall–Kier alpha value is -4.18. The lowest BCUT2D eigenvalue weighted by Gasteiger charge is -2.39. The maximum absolute atomic E-state index is 14.3. The molecule has 0 atom stereocenters. The number of hydrogen-bond acceptors (Lipinski definition) is 4. The summed E-state index contributed by atoms with van der Waals surface area (Å²) >= 11 is 0. The molecule has 37 heavy (non-hydrogen) atoms. The van der Waals surface area contributed by atoms with Gasteiger partial charge in [-0.1, -0.05) is 97.1 Å². The van der Waals surface area contributed by atoms with Crippen LogP contribution in [-0.2, 0) is 29.9 Å². The van der Waals surface area contributed by atoms with Crippen molar-refractivity contribution in [1.82, 2.24) is 0 Å². The average Bonchev–Trinajstić information content (AvgIpc) is 3.39. The fourth-order valence-electron chi connectivity index (χ4n) is 6.52. The zero-order valence-corrected chi connectivity index (χ0v) is 21.0. The Morgan fingerprint density at radius 2 is 0.784 bits per heavy atom. The van der Waals surface area contributed by atoms with Gasteiger partial charge in [0.1, 0.15) is 10.8 Å². The average molecular weight is 489 g/mol. The lowest BCUT2D eigenvalue weighted by Crippen LogP contribution is -2.48. The Morgan fingerprint density at radius 3 is 1.05 bits per heavy atom. The van der Waals surface area contributed by atoms with Crippen molar-refractivity contribution >= 4 is 11.9 Å². The van der Waals surface area contributed by atoms with Crippen molar-refractivity contribution in [1.29, 1.82) is 0 Å². The molecule has 0 aliphatic heterocycles. The van der Waals surface area contributed by atoms with Crippen LogP contribution in [-0.4, -0.2) is 25.2 Å². The number of benzene rings is 4. The molecular weight excluding hydrogens is 460 g/mol. The molecule has 0 bridgehead atoms. The third kappa shape index (κ3) is 3.08. The molecule has 0 saturated carbocycles. The fourth-order valence-corrected chi connectivity index (χ4v) is 6.52. The highest BCUT2D eigenvalue weighted by atomic mass is 16.5. The van der Waals surface area contributed by atoms with Crippen molar-refractivity contribution in [2.75, 3.05) is 13.2 Å². The minimum Gasteiger partial charge on any atom is -0.465 e. The Kier molecular flexibility index (Phi) is 5.49. The zero-order chi connectivity index (χ0) is 25.6. The molecule has 0 radical (unpaired) electrons. The summed E-state index contributed by atoms with van der Waals surface area (Å²) < 4.78 is 11.6. The highest BCUT2D eigenvalue weighted by Gasteiger charge is 2.60. The molecule has 4 nitrogen and oxygen atoms in total. The lowest BCUT2D eigenvalue weighted by molar-refractivity contribution is -0.153. The Morgan fingerprint density at radius 1 is 0.514 bits per heavy atom. The van der Waals surface area contributed by atoms with Crippen LogP contribution >= 0.6 is 0 Å². The number of hydrogen-bond donors (Lipinski definition) is 0. The van der Waals surface area contributed by atoms with Gasteiger partial charge in [-0.2, -0.15) is 0 Å². The van der Waals surface area contributed by atoms with Crippen LogP contribution in [0.15, 0.2) is 97.1 Å². The summed E-state index contributed by atoms with van der Waals surface area (Å²) in [4.78, 5) is 28.5. The van der Waals surface area contributed by atoms with Gasteiger partial charge in [0, 0.05) is 0 Å². The quantitative estimate of drug-likeness (QED) is 0.293. The minimum atomic E-state index is -1.19. The number of carbonyl (C=O) groups is 2. The second-order valence-electron chi connectivity index (χ2n) is 9.61. The molecule has 0 heterocycles. The van der Waals surface area contributed by atoms with Crippen molar-refractivity contribution in [3.05, 3.63) is 119 Å². The fraction of sp³-hybridized carbons (Fsp3) is 0.212. The molecular formula is C33H28O4. The van der Waals surface area contributed by atoms with E-state index in [2.05, 4.69) is 0 Å². The van der Waals surface area contributed by atoms with Crippen LogP contribution in [0.2, 0.25) is 0 Å². The molecule has 0 saturated heterocycles. The zero-order valence-electron chi connectivity index (χ0n) is 21.0. The highest BCUT2D eigenvalue weighted by Crippen LogP contribution is 2.60. The standard InChI is InChI=1S/C33H28O4/c1-3-36-30(34)32(26-17-9-5-13-22(26)23-14-6-10-18-27(23)32)21-33(31(35)37-4-2)28-19-11-7-15-24(28)25-16-8-12-20-29(25)33/h5-20H,3-4,21H2,1-2H3. The molecule has 0 N–H and O–H groups in total. The summed E-state index contributed by atoms with van der Waals surface area (Å²) in [5, 5.41) is 0. The van der Waals surface area contributed by atoms with E-state index in [9.17, 15) is 9.59 Å². The Labute approximate surface area is 216 Å². The van der Waals surface area contributed by atoms with E-state index in [1.54, 1.807) is 0 Å². The summed E-state index contributed by atoms with van der Waals surface area (Å²) in [6.45, 7) is 4.12. The second kappa shape index (κ2) is 8.74. The molecule has 4 aromatic rings. The largest absolute Gasteiger partial charge is 0.465 e. The summed E-state index contributed by atoms with van der Waals surface area (Å²) in [6, 6.07) is 31.9. The molecule has 0 amide bonds. The first-order valence-electron chi connectivity index (χ1n) is 12.8. The van der Waals surface area contributed by atoms with Crippen molar-refractivity contribution in [2.24, 2.45) is 0 Å². The van der Waals surface area contributed by atoms with Gasteiger partial charge in [0.25, 0.3) is 0 Å². The van der Waals surface area contributed by atoms with Gasteiger partial charge in [-0.05, 0) is 64.8 Å². The molecule has 0 aromatic heterocycles. The van der Waals surface area contributed by atoms with E-state index in [4.69, 9.17) is 9.47 Å². The number of ether oxygens (including phenoxy) is 2. The van der Waals surface area contributed by atoms with Crippen molar-refractivity contribution < 1.29 is 19.1 Å². The maximum Gasteiger partial charge on any atom is 0.321 e. The van der Waals surface area contributed by atoms with Gasteiger partial charge in [-0.3, -0.25) is 9.59 Å². The number of esters is 2. The van der Waals surface area contributed by atoms with E-state index >= 15 is 0 Å². The molecule has 4 heteroatoms. The van der Waals surface area contributed by atoms with Gasteiger partial charge in [0.05, 0.1) is 13.2 Å². The first-order valence-corrected chi connectivity index (χ1v) is 12.8. The van der Waals surface area contributed by atoms with E-state index in [1.807, 2.05) is 111 Å². The molecule has 0 spiro atoms. The minimum absolute atomic E-state index is 0.166. The van der Waals surface area contributed by atoms with Gasteiger partial charge in [-0.25, -0.2) is 0 Å². The third-order valence-corrected chi connectivity index (χ3v) is 7.91. The van der Waals surface area contributed by atoms with Crippen LogP contribution in [0.25, 0.3) is 22.3 Å². The molecule has 2 aliphatic rings. The van der Waals surface area contributed by atoms with Gasteiger partial charge < -0.3 is 9.47 Å². The second-order valence-corrected chi connectivity index (χ2v) is 9.61. The summed E-state index contributed by atoms with van der Waals surface area (Å²) in [5.74, 6) is -0.698. The lowest BCUT2D eigenvalue weighted by atomic mass is 9.62. The number of fused-ring (bicyclic) bond motifs is 6. The van der Waals surface area contributed by atoms with Gasteiger partial charge in [-0.15, -0.1) is 0 Å². The topological polar surface area (TPSA) is 52.6 Å². The number of carbonyl (C=O) groups excluding carboxylic acids is 2. The van der Waals surface area contributed by atoms with E-state index in [-0.39, 0.29) is 31.6 Å². The Balaban J connectivity index is 1.71. The van der Waals surface area contributed by atoms with Crippen molar-refractivity contribution in [2.45, 2.75) is 31.1 Å². The normalized spacial score (nSPS) is 15.2. The van der Waals surface area contributed by atoms with Crippen LogP contribution < -0.4 is 0 Å². The monoisotopic (exact) mass is 488 g/mol. The first-order chi connectivity index (χ1) is 18.1. The smallest absolute Gasteiger partial charge is 0.321 e. The van der Waals surface area contributed by atoms with Crippen LogP contribution in [0.1, 0.15) is 42.5 Å². The molecule has 6 rings (SSSR count). The van der Waals surface area contributed by atoms with Crippen LogP contribution in [0.4, 0.5) is 0 Å². The summed E-state index contributed by atoms with van der Waals surface area (Å²) in [6.07, 6.45) is 0.166. The third-order valence-electron chi connectivity index (χ3n) is 7.91. The Bertz CT molecular complexity index is 1330. The van der Waals surface area contributed by atoms with E-state index in [1.165, 1.54) is 0 Å². The van der Waals surface area contributed by atoms with Crippen LogP contribution in [0, 0.1) is 0 Å². The molecule has 0 fully saturated rings. The first kappa shape index (κ1) is 23.2. The highest BCUT2D eigenvalue weighted by molar-refractivity contribution is 6.03. The summed E-state index contributed by atoms with van der Waals surface area (Å²) in [5.41, 5.74) is 5.02. The van der Waals surface area contributed by atoms with Gasteiger partial charge in [0.2, 0.25) is 0 Å². The van der Waals surface area contributed by atoms with Crippen LogP contribution in [0.3, 0.4) is 0 Å². The summed E-state index contributed by atoms with van der Waals surface area (Å²) in [7, 11) is 0. The SMILES string of the molecule is CCOC(=O)C1(CC2(C(=O)OCC)c3ccccc3-c3ccccc32)c2ccccc2-c2ccccc21. The number of rotatable bonds is 6. The van der Waals surface area contributed by atoms with Crippen LogP contribution in [0.5, 0.6) is 0 Å². The predicted molar refractivity (Wildman–Crippen MR) is 143 cm³/mol. The molecule has 0 unspecified atom stereocenters. The molecule has 184 valence electrons. The van der Waals surface area contributed by atoms with E-state index in [0.717, 1.165) is 44.5 Å². The van der Waals surface area contributed by atoms with E-state index < -0.39 is 10.8 Å². The maximum atomic E-state index is 14.3. The van der Waals surface area contributed by atoms with Crippen molar-refractivity contribution in [3.8, 4) is 22.3 Å². The predicted octanol–water partition coefficient (Wildman–Crippen LogP) is 6.44. The van der Waals surface area contributed by atoms with Crippen molar-refractivity contribution in [3.63, 3.8) is 0 Å².